The van der Waals surface area contributed by atoms with Crippen molar-refractivity contribution >= 4 is 16.8 Å². The van der Waals surface area contributed by atoms with Gasteiger partial charge in [0.2, 0.25) is 0 Å². The highest BCUT2D eigenvalue weighted by Crippen LogP contribution is 2.15. The summed E-state index contributed by atoms with van der Waals surface area (Å²) in [4.78, 5) is 20.5. The maximum Gasteiger partial charge on any atom is 0.270 e. The van der Waals surface area contributed by atoms with Gasteiger partial charge >= 0.3 is 0 Å². The predicted octanol–water partition coefficient (Wildman–Crippen LogP) is 2.13. The molecule has 5 nitrogen and oxygen atoms in total. The molecular formula is C16H11N3O2. The molecule has 1 N–H and O–H groups in total. The normalized spacial score (nSPS) is 10.2. The summed E-state index contributed by atoms with van der Waals surface area (Å²) in [6, 6.07) is 6.97. The third-order valence-corrected chi connectivity index (χ3v) is 2.99. The minimum Gasteiger partial charge on any atom is -0.467 e. The van der Waals surface area contributed by atoms with Crippen molar-refractivity contribution in [3.63, 3.8) is 0 Å². The van der Waals surface area contributed by atoms with Gasteiger partial charge < -0.3 is 9.73 Å². The van der Waals surface area contributed by atoms with E-state index in [4.69, 9.17) is 10.8 Å². The molecule has 3 aromatic rings. The van der Waals surface area contributed by atoms with Crippen molar-refractivity contribution in [2.24, 2.45) is 0 Å². The van der Waals surface area contributed by atoms with Gasteiger partial charge in [0, 0.05) is 17.8 Å². The van der Waals surface area contributed by atoms with Crippen LogP contribution in [0.5, 0.6) is 0 Å². The van der Waals surface area contributed by atoms with Gasteiger partial charge in [0.15, 0.2) is 0 Å². The van der Waals surface area contributed by atoms with Crippen LogP contribution in [0.3, 0.4) is 0 Å². The number of pyridine rings is 2. The second-order valence-electron chi connectivity index (χ2n) is 4.36. The molecule has 0 aliphatic rings. The molecule has 0 radical (unpaired) electrons. The van der Waals surface area contributed by atoms with Crippen LogP contribution >= 0.6 is 0 Å². The first kappa shape index (κ1) is 12.9. The van der Waals surface area contributed by atoms with Crippen molar-refractivity contribution < 1.29 is 9.21 Å². The Morgan fingerprint density at radius 2 is 2.24 bits per heavy atom. The first-order valence-corrected chi connectivity index (χ1v) is 6.30. The number of carbonyl (C=O) groups excluding carboxylic acids is 1. The first-order chi connectivity index (χ1) is 10.3. The number of rotatable bonds is 3. The number of nitrogens with zero attached hydrogens (tertiary/aromatic N) is 2. The molecule has 0 fully saturated rings. The molecule has 0 unspecified atom stereocenters. The van der Waals surface area contributed by atoms with Gasteiger partial charge in [-0.2, -0.15) is 0 Å². The van der Waals surface area contributed by atoms with Gasteiger partial charge in [-0.3, -0.25) is 9.78 Å². The SMILES string of the molecule is C#Cc1cncc2ccc(C(=O)NCc3ccco3)nc12. The van der Waals surface area contributed by atoms with Crippen LogP contribution in [-0.2, 0) is 6.54 Å². The van der Waals surface area contributed by atoms with Crippen LogP contribution in [0.2, 0.25) is 0 Å². The maximum atomic E-state index is 12.1. The molecule has 0 saturated heterocycles. The summed E-state index contributed by atoms with van der Waals surface area (Å²) in [5.74, 6) is 2.91. The number of carbonyl (C=O) groups is 1. The second-order valence-corrected chi connectivity index (χ2v) is 4.36. The smallest absolute Gasteiger partial charge is 0.270 e. The Balaban J connectivity index is 1.86. The highest BCUT2D eigenvalue weighted by molar-refractivity contribution is 5.95. The third kappa shape index (κ3) is 2.60. The highest BCUT2D eigenvalue weighted by atomic mass is 16.3. The second kappa shape index (κ2) is 5.47. The molecule has 3 aromatic heterocycles. The van der Waals surface area contributed by atoms with Crippen molar-refractivity contribution in [1.29, 1.82) is 0 Å². The Labute approximate surface area is 121 Å². The number of hydrogen-bond acceptors (Lipinski definition) is 4. The molecular weight excluding hydrogens is 266 g/mol. The predicted molar refractivity (Wildman–Crippen MR) is 77.4 cm³/mol. The van der Waals surface area contributed by atoms with E-state index in [-0.39, 0.29) is 5.91 Å². The monoisotopic (exact) mass is 277 g/mol. The van der Waals surface area contributed by atoms with E-state index in [0.29, 0.717) is 29.1 Å². The fraction of sp³-hybridized carbons (Fsp3) is 0.0625. The molecule has 0 aliphatic carbocycles. The zero-order valence-electron chi connectivity index (χ0n) is 11.0. The highest BCUT2D eigenvalue weighted by Gasteiger charge is 2.10. The fourth-order valence-corrected chi connectivity index (χ4v) is 1.95. The molecule has 102 valence electrons. The summed E-state index contributed by atoms with van der Waals surface area (Å²) in [6.07, 6.45) is 10.2. The van der Waals surface area contributed by atoms with Crippen molar-refractivity contribution in [3.05, 3.63) is 59.9 Å². The molecule has 21 heavy (non-hydrogen) atoms. The Hall–Kier alpha value is -3.13. The van der Waals surface area contributed by atoms with Gasteiger partial charge in [0.25, 0.3) is 5.91 Å². The van der Waals surface area contributed by atoms with E-state index in [9.17, 15) is 4.79 Å². The van der Waals surface area contributed by atoms with Crippen molar-refractivity contribution in [2.45, 2.75) is 6.54 Å². The van der Waals surface area contributed by atoms with Gasteiger partial charge in [-0.15, -0.1) is 6.42 Å². The third-order valence-electron chi connectivity index (χ3n) is 2.99. The zero-order valence-corrected chi connectivity index (χ0v) is 11.0. The Morgan fingerprint density at radius 1 is 1.33 bits per heavy atom. The van der Waals surface area contributed by atoms with Crippen molar-refractivity contribution in [1.82, 2.24) is 15.3 Å². The molecule has 0 bridgehead atoms. The van der Waals surface area contributed by atoms with Crippen LogP contribution in [-0.4, -0.2) is 15.9 Å². The maximum absolute atomic E-state index is 12.1. The largest absolute Gasteiger partial charge is 0.467 e. The van der Waals surface area contributed by atoms with Gasteiger partial charge in [-0.25, -0.2) is 4.98 Å². The molecule has 0 atom stereocenters. The molecule has 1 amide bonds. The number of hydrogen-bond donors (Lipinski definition) is 1. The zero-order chi connectivity index (χ0) is 14.7. The summed E-state index contributed by atoms with van der Waals surface area (Å²) >= 11 is 0. The quantitative estimate of drug-likeness (QED) is 0.745. The number of fused-ring (bicyclic) bond motifs is 1. The topological polar surface area (TPSA) is 68.0 Å². The lowest BCUT2D eigenvalue weighted by atomic mass is 10.1. The molecule has 5 heteroatoms. The van der Waals surface area contributed by atoms with E-state index >= 15 is 0 Å². The van der Waals surface area contributed by atoms with Gasteiger partial charge in [0.1, 0.15) is 11.5 Å². The molecule has 0 aromatic carbocycles. The summed E-state index contributed by atoms with van der Waals surface area (Å²) < 4.78 is 5.16. The van der Waals surface area contributed by atoms with E-state index in [2.05, 4.69) is 21.2 Å². The number of amides is 1. The molecule has 3 rings (SSSR count). The average molecular weight is 277 g/mol. The summed E-state index contributed by atoms with van der Waals surface area (Å²) in [5, 5.41) is 3.54. The number of furan rings is 1. The standard InChI is InChI=1S/C16H11N3O2/c1-2-11-8-17-9-12-5-6-14(19-15(11)12)16(20)18-10-13-4-3-7-21-13/h1,3-9H,10H2,(H,18,20). The Bertz CT molecular complexity index is 832. The van der Waals surface area contributed by atoms with Gasteiger partial charge in [0.05, 0.1) is 23.9 Å². The van der Waals surface area contributed by atoms with Crippen LogP contribution in [0.25, 0.3) is 10.9 Å². The lowest BCUT2D eigenvalue weighted by Crippen LogP contribution is -2.23. The summed E-state index contributed by atoms with van der Waals surface area (Å²) in [5.41, 5.74) is 1.46. The molecule has 3 heterocycles. The molecule has 0 aliphatic heterocycles. The van der Waals surface area contributed by atoms with Crippen molar-refractivity contribution in [3.8, 4) is 12.3 Å². The number of terminal acetylenes is 1. The minimum absolute atomic E-state index is 0.284. The first-order valence-electron chi connectivity index (χ1n) is 6.30. The number of nitrogens with one attached hydrogen (secondary N) is 1. The van der Waals surface area contributed by atoms with Crippen LogP contribution in [0.4, 0.5) is 0 Å². The van der Waals surface area contributed by atoms with Crippen LogP contribution < -0.4 is 5.32 Å². The average Bonchev–Trinajstić information content (AvgIpc) is 3.05. The number of aromatic nitrogens is 2. The lowest BCUT2D eigenvalue weighted by molar-refractivity contribution is 0.0943. The van der Waals surface area contributed by atoms with Crippen LogP contribution in [0.1, 0.15) is 21.8 Å². The van der Waals surface area contributed by atoms with E-state index in [1.165, 1.54) is 0 Å². The Kier molecular flexibility index (Phi) is 3.36. The minimum atomic E-state index is -0.284. The Morgan fingerprint density at radius 3 is 3.00 bits per heavy atom. The summed E-state index contributed by atoms with van der Waals surface area (Å²) in [7, 11) is 0. The van der Waals surface area contributed by atoms with E-state index in [1.54, 1.807) is 42.9 Å². The van der Waals surface area contributed by atoms with E-state index < -0.39 is 0 Å². The lowest BCUT2D eigenvalue weighted by Gasteiger charge is -2.05. The van der Waals surface area contributed by atoms with Gasteiger partial charge in [-0.1, -0.05) is 5.92 Å². The molecule has 0 saturated carbocycles. The van der Waals surface area contributed by atoms with Crippen LogP contribution in [0, 0.1) is 12.3 Å². The van der Waals surface area contributed by atoms with E-state index in [1.807, 2.05) is 0 Å². The fourth-order valence-electron chi connectivity index (χ4n) is 1.95. The summed E-state index contributed by atoms with van der Waals surface area (Å²) in [6.45, 7) is 0.309. The van der Waals surface area contributed by atoms with Crippen molar-refractivity contribution in [2.75, 3.05) is 0 Å². The molecule has 0 spiro atoms. The van der Waals surface area contributed by atoms with E-state index in [0.717, 1.165) is 5.39 Å². The van der Waals surface area contributed by atoms with Gasteiger partial charge in [-0.05, 0) is 24.3 Å². The van der Waals surface area contributed by atoms with Crippen LogP contribution in [0.15, 0.2) is 47.3 Å².